The minimum absolute atomic E-state index is 0.171. The molecule has 17 heavy (non-hydrogen) atoms. The van der Waals surface area contributed by atoms with E-state index in [1.807, 2.05) is 24.4 Å². The monoisotopic (exact) mass is 251 g/mol. The van der Waals surface area contributed by atoms with Gasteiger partial charge >= 0.3 is 0 Å². The van der Waals surface area contributed by atoms with Crippen LogP contribution in [0.3, 0.4) is 0 Å². The topological polar surface area (TPSA) is 35.2 Å². The maximum Gasteiger partial charge on any atom is 0.165 e. The molecule has 1 heterocycles. The van der Waals surface area contributed by atoms with Crippen LogP contribution < -0.4 is 10.5 Å². The molecule has 90 valence electrons. The van der Waals surface area contributed by atoms with Crippen LogP contribution in [0.1, 0.15) is 23.4 Å². The maximum atomic E-state index is 13.7. The molecule has 0 unspecified atom stereocenters. The Hall–Kier alpha value is -1.39. The quantitative estimate of drug-likeness (QED) is 0.902. The highest BCUT2D eigenvalue weighted by Gasteiger charge is 2.07. The Kier molecular flexibility index (Phi) is 3.76. The molecule has 2 rings (SSSR count). The highest BCUT2D eigenvalue weighted by atomic mass is 32.1. The second-order valence-electron chi connectivity index (χ2n) is 3.85. The third-order valence-corrected chi connectivity index (χ3v) is 3.28. The number of halogens is 1. The number of ether oxygens (including phenoxy) is 1. The van der Waals surface area contributed by atoms with Gasteiger partial charge in [-0.15, -0.1) is 11.3 Å². The van der Waals surface area contributed by atoms with Crippen molar-refractivity contribution in [1.82, 2.24) is 0 Å². The second-order valence-corrected chi connectivity index (χ2v) is 4.88. The number of hydrogen-bond donors (Lipinski definition) is 1. The average Bonchev–Trinajstić information content (AvgIpc) is 2.80. The van der Waals surface area contributed by atoms with Crippen molar-refractivity contribution in [3.63, 3.8) is 0 Å². The Balaban J connectivity index is 2.06. The molecule has 0 aliphatic carbocycles. The van der Waals surface area contributed by atoms with Crippen LogP contribution in [0.15, 0.2) is 35.7 Å². The fourth-order valence-corrected chi connectivity index (χ4v) is 2.08. The lowest BCUT2D eigenvalue weighted by molar-refractivity contribution is 0.293. The molecular weight excluding hydrogens is 237 g/mol. The van der Waals surface area contributed by atoms with Crippen LogP contribution in [0.5, 0.6) is 5.75 Å². The van der Waals surface area contributed by atoms with Crippen LogP contribution >= 0.6 is 11.3 Å². The fourth-order valence-electron chi connectivity index (χ4n) is 1.46. The lowest BCUT2D eigenvalue weighted by Crippen LogP contribution is -2.05. The van der Waals surface area contributed by atoms with Crippen molar-refractivity contribution in [2.75, 3.05) is 0 Å². The highest BCUT2D eigenvalue weighted by Crippen LogP contribution is 2.22. The van der Waals surface area contributed by atoms with Gasteiger partial charge in [0.15, 0.2) is 11.6 Å². The predicted molar refractivity (Wildman–Crippen MR) is 67.7 cm³/mol. The summed E-state index contributed by atoms with van der Waals surface area (Å²) in [5, 5.41) is 1.97. The Morgan fingerprint density at radius 3 is 2.82 bits per heavy atom. The Morgan fingerprint density at radius 2 is 2.24 bits per heavy atom. The summed E-state index contributed by atoms with van der Waals surface area (Å²) < 4.78 is 19.1. The van der Waals surface area contributed by atoms with Crippen molar-refractivity contribution in [3.8, 4) is 5.75 Å². The van der Waals surface area contributed by atoms with E-state index in [-0.39, 0.29) is 17.6 Å². The van der Waals surface area contributed by atoms with Crippen molar-refractivity contribution in [2.24, 2.45) is 5.73 Å². The molecule has 1 aromatic heterocycles. The van der Waals surface area contributed by atoms with Crippen molar-refractivity contribution < 1.29 is 9.13 Å². The number of thiophene rings is 1. The molecule has 0 aliphatic rings. The van der Waals surface area contributed by atoms with E-state index in [0.717, 1.165) is 10.4 Å². The first-order valence-corrected chi connectivity index (χ1v) is 6.25. The van der Waals surface area contributed by atoms with Gasteiger partial charge in [-0.25, -0.2) is 4.39 Å². The van der Waals surface area contributed by atoms with Crippen molar-refractivity contribution >= 4 is 11.3 Å². The summed E-state index contributed by atoms with van der Waals surface area (Å²) in [5.41, 5.74) is 6.45. The summed E-state index contributed by atoms with van der Waals surface area (Å²) >= 11 is 1.59. The van der Waals surface area contributed by atoms with Crippen molar-refractivity contribution in [2.45, 2.75) is 19.6 Å². The first-order chi connectivity index (χ1) is 8.16. The zero-order valence-corrected chi connectivity index (χ0v) is 10.3. The van der Waals surface area contributed by atoms with Gasteiger partial charge in [0.25, 0.3) is 0 Å². The summed E-state index contributed by atoms with van der Waals surface area (Å²) in [4.78, 5) is 1.07. The van der Waals surface area contributed by atoms with Crippen LogP contribution in [-0.4, -0.2) is 0 Å². The fraction of sp³-hybridized carbons (Fsp3) is 0.231. The third kappa shape index (κ3) is 3.05. The molecule has 0 fully saturated rings. The Bertz CT molecular complexity index is 482. The molecule has 2 N–H and O–H groups in total. The lowest BCUT2D eigenvalue weighted by atomic mass is 10.1. The largest absolute Gasteiger partial charge is 0.485 e. The molecule has 1 aromatic carbocycles. The minimum Gasteiger partial charge on any atom is -0.485 e. The van der Waals surface area contributed by atoms with E-state index < -0.39 is 0 Å². The van der Waals surface area contributed by atoms with E-state index in [0.29, 0.717) is 6.61 Å². The Labute approximate surface area is 104 Å². The van der Waals surface area contributed by atoms with Crippen molar-refractivity contribution in [1.29, 1.82) is 0 Å². The summed E-state index contributed by atoms with van der Waals surface area (Å²) in [6, 6.07) is 8.57. The smallest absolute Gasteiger partial charge is 0.165 e. The van der Waals surface area contributed by atoms with E-state index in [1.165, 1.54) is 6.07 Å². The second kappa shape index (κ2) is 5.29. The molecule has 4 heteroatoms. The molecule has 0 amide bonds. The van der Waals surface area contributed by atoms with Crippen LogP contribution in [0.25, 0.3) is 0 Å². The first kappa shape index (κ1) is 12.1. The molecule has 0 saturated carbocycles. The molecular formula is C13H14FNOS. The molecule has 0 radical (unpaired) electrons. The van der Waals surface area contributed by atoms with Gasteiger partial charge in [0, 0.05) is 10.9 Å². The van der Waals surface area contributed by atoms with Gasteiger partial charge in [-0.05, 0) is 36.1 Å². The predicted octanol–water partition coefficient (Wildman–Crippen LogP) is 3.49. The van der Waals surface area contributed by atoms with E-state index in [1.54, 1.807) is 23.5 Å². The minimum atomic E-state index is -0.364. The first-order valence-electron chi connectivity index (χ1n) is 5.37. The zero-order chi connectivity index (χ0) is 12.3. The molecule has 0 aliphatic heterocycles. The summed E-state index contributed by atoms with van der Waals surface area (Å²) in [6.45, 7) is 2.22. The lowest BCUT2D eigenvalue weighted by Gasteiger charge is -2.09. The van der Waals surface area contributed by atoms with Gasteiger partial charge in [0.1, 0.15) is 6.61 Å². The van der Waals surface area contributed by atoms with E-state index in [9.17, 15) is 4.39 Å². The van der Waals surface area contributed by atoms with Crippen molar-refractivity contribution in [3.05, 3.63) is 52.0 Å². The van der Waals surface area contributed by atoms with Gasteiger partial charge in [0.05, 0.1) is 0 Å². The maximum absolute atomic E-state index is 13.7. The summed E-state index contributed by atoms with van der Waals surface area (Å²) in [5.74, 6) is -0.0980. The highest BCUT2D eigenvalue weighted by molar-refractivity contribution is 7.09. The average molecular weight is 251 g/mol. The molecule has 2 nitrogen and oxygen atoms in total. The van der Waals surface area contributed by atoms with E-state index >= 15 is 0 Å². The van der Waals surface area contributed by atoms with Gasteiger partial charge in [-0.2, -0.15) is 0 Å². The Morgan fingerprint density at radius 1 is 1.41 bits per heavy atom. The number of nitrogens with two attached hydrogens (primary N) is 1. The van der Waals surface area contributed by atoms with E-state index in [4.69, 9.17) is 10.5 Å². The van der Waals surface area contributed by atoms with Crippen LogP contribution in [0.2, 0.25) is 0 Å². The number of rotatable bonds is 4. The van der Waals surface area contributed by atoms with Crippen LogP contribution in [-0.2, 0) is 6.61 Å². The molecule has 0 bridgehead atoms. The summed E-state index contributed by atoms with van der Waals surface area (Å²) in [6.07, 6.45) is 0. The number of hydrogen-bond acceptors (Lipinski definition) is 3. The van der Waals surface area contributed by atoms with Gasteiger partial charge < -0.3 is 10.5 Å². The normalized spacial score (nSPS) is 12.4. The molecule has 1 atom stereocenters. The van der Waals surface area contributed by atoms with E-state index in [2.05, 4.69) is 0 Å². The SMILES string of the molecule is C[C@@H](N)c1ccc(OCc2cccs2)c(F)c1. The molecule has 0 spiro atoms. The van der Waals surface area contributed by atoms with Gasteiger partial charge in [-0.3, -0.25) is 0 Å². The molecule has 2 aromatic rings. The van der Waals surface area contributed by atoms with Gasteiger partial charge in [-0.1, -0.05) is 12.1 Å². The van der Waals surface area contributed by atoms with Crippen LogP contribution in [0, 0.1) is 5.82 Å². The standard InChI is InChI=1S/C13H14FNOS/c1-9(15)10-4-5-13(12(14)7-10)16-8-11-3-2-6-17-11/h2-7,9H,8,15H2,1H3/t9-/m1/s1. The molecule has 0 saturated heterocycles. The zero-order valence-electron chi connectivity index (χ0n) is 9.52. The van der Waals surface area contributed by atoms with Gasteiger partial charge in [0.2, 0.25) is 0 Å². The van der Waals surface area contributed by atoms with Crippen LogP contribution in [0.4, 0.5) is 4.39 Å². The third-order valence-electron chi connectivity index (χ3n) is 2.43. The number of benzene rings is 1. The summed E-state index contributed by atoms with van der Waals surface area (Å²) in [7, 11) is 0.